The van der Waals surface area contributed by atoms with Crippen molar-refractivity contribution in [3.63, 3.8) is 0 Å². The zero-order valence-corrected chi connectivity index (χ0v) is 6.39. The number of carbonyl (C=O) groups is 1. The van der Waals surface area contributed by atoms with Gasteiger partial charge in [-0.1, -0.05) is 11.3 Å². The van der Waals surface area contributed by atoms with Crippen molar-refractivity contribution in [3.8, 4) is 0 Å². The maximum atomic E-state index is 10.4. The molecule has 0 unspecified atom stereocenters. The van der Waals surface area contributed by atoms with E-state index in [1.165, 1.54) is 0 Å². The van der Waals surface area contributed by atoms with Gasteiger partial charge in [-0.15, -0.1) is 0 Å². The highest BCUT2D eigenvalue weighted by molar-refractivity contribution is 7.15. The minimum Gasteiger partial charge on any atom is -0.476 e. The number of nitrogen functional groups attached to an aromatic ring is 1. The molecule has 0 spiro atoms. The fourth-order valence-electron chi connectivity index (χ4n) is 0.618. The van der Waals surface area contributed by atoms with E-state index in [4.69, 9.17) is 16.6 Å². The zero-order valence-electron chi connectivity index (χ0n) is 5.57. The Hall–Kier alpha value is -1.14. The van der Waals surface area contributed by atoms with Crippen LogP contribution in [-0.2, 0) is 6.54 Å². The second-order valence-electron chi connectivity index (χ2n) is 1.83. The number of nitrogens with zero attached hydrogens (tertiary/aromatic N) is 1. The van der Waals surface area contributed by atoms with Crippen LogP contribution < -0.4 is 11.5 Å². The Morgan fingerprint density at radius 1 is 1.73 bits per heavy atom. The molecule has 0 aliphatic heterocycles. The van der Waals surface area contributed by atoms with Gasteiger partial charge in [-0.3, -0.25) is 0 Å². The van der Waals surface area contributed by atoms with Crippen LogP contribution in [0.5, 0.6) is 0 Å². The predicted octanol–water partition coefficient (Wildman–Crippen LogP) is -0.118. The van der Waals surface area contributed by atoms with Crippen LogP contribution in [-0.4, -0.2) is 16.1 Å². The predicted molar refractivity (Wildman–Crippen MR) is 41.4 cm³/mol. The molecule has 0 aromatic carbocycles. The molecule has 0 aliphatic carbocycles. The SMILES string of the molecule is NCc1nc(C(=O)O)c(N)s1. The van der Waals surface area contributed by atoms with Gasteiger partial charge < -0.3 is 16.6 Å². The number of anilines is 1. The molecule has 0 bridgehead atoms. The molecule has 1 aromatic heterocycles. The number of aromatic nitrogens is 1. The highest BCUT2D eigenvalue weighted by Gasteiger charge is 2.13. The van der Waals surface area contributed by atoms with Crippen molar-refractivity contribution in [2.45, 2.75) is 6.54 Å². The first-order chi connectivity index (χ1) is 5.15. The Balaban J connectivity index is 3.07. The van der Waals surface area contributed by atoms with Crippen molar-refractivity contribution in [2.24, 2.45) is 5.73 Å². The number of carboxylic acid groups (broad SMARTS) is 1. The lowest BCUT2D eigenvalue weighted by Gasteiger charge is -1.85. The third kappa shape index (κ3) is 1.47. The summed E-state index contributed by atoms with van der Waals surface area (Å²) < 4.78 is 0. The van der Waals surface area contributed by atoms with E-state index in [1.54, 1.807) is 0 Å². The molecule has 6 heteroatoms. The molecule has 0 radical (unpaired) electrons. The molecule has 1 heterocycles. The average Bonchev–Trinajstić information content (AvgIpc) is 2.30. The highest BCUT2D eigenvalue weighted by atomic mass is 32.1. The number of hydrogen-bond acceptors (Lipinski definition) is 5. The zero-order chi connectivity index (χ0) is 8.43. The third-order valence-corrected chi connectivity index (χ3v) is 1.98. The van der Waals surface area contributed by atoms with Gasteiger partial charge in [-0.05, 0) is 0 Å². The monoisotopic (exact) mass is 173 g/mol. The molecule has 0 aliphatic rings. The molecule has 0 saturated carbocycles. The fraction of sp³-hybridized carbons (Fsp3) is 0.200. The van der Waals surface area contributed by atoms with E-state index < -0.39 is 5.97 Å². The van der Waals surface area contributed by atoms with Crippen LogP contribution in [0.2, 0.25) is 0 Å². The summed E-state index contributed by atoms with van der Waals surface area (Å²) in [6.45, 7) is 0.224. The highest BCUT2D eigenvalue weighted by Crippen LogP contribution is 2.20. The van der Waals surface area contributed by atoms with Crippen LogP contribution in [0.25, 0.3) is 0 Å². The number of hydrogen-bond donors (Lipinski definition) is 3. The Labute approximate surface area is 66.7 Å². The number of aromatic carboxylic acids is 1. The minimum atomic E-state index is -1.11. The molecule has 1 aromatic rings. The fourth-order valence-corrected chi connectivity index (χ4v) is 1.32. The summed E-state index contributed by atoms with van der Waals surface area (Å²) in [5.74, 6) is -1.11. The van der Waals surface area contributed by atoms with Crippen molar-refractivity contribution < 1.29 is 9.90 Å². The van der Waals surface area contributed by atoms with Gasteiger partial charge >= 0.3 is 5.97 Å². The van der Waals surface area contributed by atoms with Crippen LogP contribution >= 0.6 is 11.3 Å². The van der Waals surface area contributed by atoms with E-state index in [2.05, 4.69) is 4.98 Å². The van der Waals surface area contributed by atoms with Crippen molar-refractivity contribution in [3.05, 3.63) is 10.7 Å². The van der Waals surface area contributed by atoms with Crippen molar-refractivity contribution in [2.75, 3.05) is 5.73 Å². The van der Waals surface area contributed by atoms with Crippen molar-refractivity contribution >= 4 is 22.3 Å². The van der Waals surface area contributed by atoms with Crippen LogP contribution in [0.1, 0.15) is 15.5 Å². The third-order valence-electron chi connectivity index (χ3n) is 1.07. The lowest BCUT2D eigenvalue weighted by Crippen LogP contribution is -2.01. The number of nitrogens with two attached hydrogens (primary N) is 2. The lowest BCUT2D eigenvalue weighted by molar-refractivity contribution is 0.0692. The Kier molecular flexibility index (Phi) is 2.06. The van der Waals surface area contributed by atoms with E-state index >= 15 is 0 Å². The van der Waals surface area contributed by atoms with Crippen LogP contribution in [0.4, 0.5) is 5.00 Å². The van der Waals surface area contributed by atoms with Gasteiger partial charge in [0.25, 0.3) is 0 Å². The van der Waals surface area contributed by atoms with Gasteiger partial charge in [0, 0.05) is 6.54 Å². The quantitative estimate of drug-likeness (QED) is 0.578. The first-order valence-electron chi connectivity index (χ1n) is 2.83. The average molecular weight is 173 g/mol. The maximum Gasteiger partial charge on any atom is 0.357 e. The van der Waals surface area contributed by atoms with Gasteiger partial charge in [0.05, 0.1) is 0 Å². The first kappa shape index (κ1) is 7.96. The summed E-state index contributed by atoms with van der Waals surface area (Å²) in [7, 11) is 0. The molecule has 0 saturated heterocycles. The van der Waals surface area contributed by atoms with Gasteiger partial charge in [-0.2, -0.15) is 0 Å². The standard InChI is InChI=1S/C5H7N3O2S/c6-1-2-8-3(5(9)10)4(7)11-2/h1,6-7H2,(H,9,10). The summed E-state index contributed by atoms with van der Waals surface area (Å²) in [4.78, 5) is 14.1. The molecule has 0 atom stereocenters. The summed E-state index contributed by atoms with van der Waals surface area (Å²) >= 11 is 1.10. The number of rotatable bonds is 2. The molecule has 60 valence electrons. The summed E-state index contributed by atoms with van der Waals surface area (Å²) in [5.41, 5.74) is 10.5. The smallest absolute Gasteiger partial charge is 0.357 e. The normalized spacial score (nSPS) is 9.91. The van der Waals surface area contributed by atoms with Gasteiger partial charge in [0.15, 0.2) is 5.69 Å². The van der Waals surface area contributed by atoms with Gasteiger partial charge in [0.1, 0.15) is 10.0 Å². The largest absolute Gasteiger partial charge is 0.476 e. The van der Waals surface area contributed by atoms with Crippen LogP contribution in [0, 0.1) is 0 Å². The second kappa shape index (κ2) is 2.85. The van der Waals surface area contributed by atoms with Crippen molar-refractivity contribution in [1.82, 2.24) is 4.98 Å². The van der Waals surface area contributed by atoms with Crippen LogP contribution in [0.15, 0.2) is 0 Å². The molecular weight excluding hydrogens is 166 g/mol. The van der Waals surface area contributed by atoms with E-state index in [1.807, 2.05) is 0 Å². The molecule has 0 fully saturated rings. The Morgan fingerprint density at radius 2 is 2.36 bits per heavy atom. The lowest BCUT2D eigenvalue weighted by atomic mass is 10.5. The van der Waals surface area contributed by atoms with E-state index in [9.17, 15) is 4.79 Å². The molecule has 1 rings (SSSR count). The van der Waals surface area contributed by atoms with E-state index in [-0.39, 0.29) is 17.2 Å². The molecule has 11 heavy (non-hydrogen) atoms. The summed E-state index contributed by atoms with van der Waals surface area (Å²) in [5, 5.41) is 9.25. The minimum absolute atomic E-state index is 0.101. The molecule has 5 nitrogen and oxygen atoms in total. The molecule has 5 N–H and O–H groups in total. The van der Waals surface area contributed by atoms with Gasteiger partial charge in [0.2, 0.25) is 0 Å². The van der Waals surface area contributed by atoms with E-state index in [0.29, 0.717) is 5.01 Å². The van der Waals surface area contributed by atoms with Crippen LogP contribution in [0.3, 0.4) is 0 Å². The summed E-state index contributed by atoms with van der Waals surface area (Å²) in [6.07, 6.45) is 0. The number of carboxylic acids is 1. The second-order valence-corrected chi connectivity index (χ2v) is 2.94. The first-order valence-corrected chi connectivity index (χ1v) is 3.65. The maximum absolute atomic E-state index is 10.4. The number of thiazole rings is 1. The van der Waals surface area contributed by atoms with Crippen molar-refractivity contribution in [1.29, 1.82) is 0 Å². The molecular formula is C5H7N3O2S. The Bertz CT molecular complexity index is 283. The van der Waals surface area contributed by atoms with Gasteiger partial charge in [-0.25, -0.2) is 9.78 Å². The topological polar surface area (TPSA) is 102 Å². The molecule has 0 amide bonds. The van der Waals surface area contributed by atoms with E-state index in [0.717, 1.165) is 11.3 Å². The Morgan fingerprint density at radius 3 is 2.64 bits per heavy atom. The summed E-state index contributed by atoms with van der Waals surface area (Å²) in [6, 6.07) is 0.